The molecule has 0 spiro atoms. The lowest BCUT2D eigenvalue weighted by Gasteiger charge is -2.11. The average molecular weight is 359 g/mol. The van der Waals surface area contributed by atoms with Crippen molar-refractivity contribution < 1.29 is 14.3 Å². The summed E-state index contributed by atoms with van der Waals surface area (Å²) in [5, 5.41) is 5.09. The van der Waals surface area contributed by atoms with Crippen LogP contribution in [0.1, 0.15) is 45.6 Å². The molecule has 0 aliphatic heterocycles. The number of carbonyl (C=O) groups is 1. The number of aryl methyl sites for hydroxylation is 1. The Labute approximate surface area is 153 Å². The molecular formula is C20H25NO3S. The number of benzene rings is 1. The van der Waals surface area contributed by atoms with Gasteiger partial charge in [0.2, 0.25) is 0 Å². The number of nitrogens with one attached hydrogen (secondary N) is 1. The molecular weight excluding hydrogens is 334 g/mol. The zero-order valence-electron chi connectivity index (χ0n) is 14.9. The molecule has 1 aliphatic carbocycles. The van der Waals surface area contributed by atoms with E-state index in [2.05, 4.69) is 5.32 Å². The van der Waals surface area contributed by atoms with Crippen molar-refractivity contribution in [2.75, 3.05) is 20.8 Å². The van der Waals surface area contributed by atoms with E-state index in [0.29, 0.717) is 6.54 Å². The van der Waals surface area contributed by atoms with Crippen molar-refractivity contribution in [1.82, 2.24) is 5.32 Å². The van der Waals surface area contributed by atoms with Crippen LogP contribution in [0.4, 0.5) is 0 Å². The lowest BCUT2D eigenvalue weighted by atomic mass is 10.1. The predicted octanol–water partition coefficient (Wildman–Crippen LogP) is 4.01. The average Bonchev–Trinajstić information content (AvgIpc) is 2.90. The molecule has 1 heterocycles. The number of thiophene rings is 1. The fourth-order valence-corrected chi connectivity index (χ4v) is 4.45. The van der Waals surface area contributed by atoms with Crippen LogP contribution in [-0.2, 0) is 19.3 Å². The number of amides is 1. The minimum atomic E-state index is 0.0480. The van der Waals surface area contributed by atoms with Crippen LogP contribution in [0.2, 0.25) is 0 Å². The molecule has 2 aromatic rings. The molecule has 134 valence electrons. The van der Waals surface area contributed by atoms with Gasteiger partial charge in [-0.2, -0.15) is 0 Å². The molecule has 0 saturated heterocycles. The fraction of sp³-hybridized carbons (Fsp3) is 0.450. The smallest absolute Gasteiger partial charge is 0.252 e. The van der Waals surface area contributed by atoms with E-state index in [0.717, 1.165) is 41.9 Å². The van der Waals surface area contributed by atoms with Crippen molar-refractivity contribution in [3.05, 3.63) is 45.1 Å². The van der Waals surface area contributed by atoms with Crippen molar-refractivity contribution in [2.24, 2.45) is 0 Å². The van der Waals surface area contributed by atoms with E-state index < -0.39 is 0 Å². The van der Waals surface area contributed by atoms with Crippen LogP contribution < -0.4 is 14.8 Å². The van der Waals surface area contributed by atoms with Crippen LogP contribution in [0.15, 0.2) is 23.6 Å². The number of rotatable bonds is 6. The third-order valence-corrected chi connectivity index (χ3v) is 5.82. The van der Waals surface area contributed by atoms with Crippen LogP contribution in [0.25, 0.3) is 0 Å². The summed E-state index contributed by atoms with van der Waals surface area (Å²) in [5.74, 6) is 1.61. The Hall–Kier alpha value is -2.01. The molecule has 1 aliphatic rings. The molecule has 0 fully saturated rings. The minimum Gasteiger partial charge on any atom is -0.497 e. The van der Waals surface area contributed by atoms with E-state index in [1.54, 1.807) is 25.6 Å². The van der Waals surface area contributed by atoms with Crippen LogP contribution >= 0.6 is 11.3 Å². The van der Waals surface area contributed by atoms with Crippen molar-refractivity contribution in [1.29, 1.82) is 0 Å². The molecule has 25 heavy (non-hydrogen) atoms. The Morgan fingerprint density at radius 1 is 1.16 bits per heavy atom. The van der Waals surface area contributed by atoms with Crippen molar-refractivity contribution in [3.8, 4) is 11.5 Å². The summed E-state index contributed by atoms with van der Waals surface area (Å²) >= 11 is 1.74. The van der Waals surface area contributed by atoms with E-state index in [4.69, 9.17) is 9.47 Å². The predicted molar refractivity (Wildman–Crippen MR) is 101 cm³/mol. The van der Waals surface area contributed by atoms with Gasteiger partial charge in [-0.3, -0.25) is 4.79 Å². The van der Waals surface area contributed by atoms with Gasteiger partial charge in [0.25, 0.3) is 5.91 Å². The molecule has 4 nitrogen and oxygen atoms in total. The Kier molecular flexibility index (Phi) is 5.97. The Bertz CT molecular complexity index is 739. The van der Waals surface area contributed by atoms with Gasteiger partial charge in [0, 0.05) is 22.9 Å². The second-order valence-electron chi connectivity index (χ2n) is 6.30. The summed E-state index contributed by atoms with van der Waals surface area (Å²) in [4.78, 5) is 14.0. The molecule has 0 unspecified atom stereocenters. The van der Waals surface area contributed by atoms with Gasteiger partial charge in [-0.15, -0.1) is 11.3 Å². The summed E-state index contributed by atoms with van der Waals surface area (Å²) in [6.07, 6.45) is 6.58. The number of ether oxygens (including phenoxy) is 2. The van der Waals surface area contributed by atoms with Gasteiger partial charge >= 0.3 is 0 Å². The monoisotopic (exact) mass is 359 g/mol. The molecule has 0 atom stereocenters. The van der Waals surface area contributed by atoms with Crippen molar-refractivity contribution in [2.45, 2.75) is 38.5 Å². The first-order valence-corrected chi connectivity index (χ1v) is 9.69. The standard InChI is InChI=1S/C20H25NO3S/c1-23-15-9-8-14(18(12-15)24-2)10-11-21-20(22)17-13-25-19-7-5-3-4-6-16(17)19/h8-9,12-13H,3-7,10-11H2,1-2H3,(H,21,22). The highest BCUT2D eigenvalue weighted by Crippen LogP contribution is 2.29. The maximum atomic E-state index is 12.6. The first kappa shape index (κ1) is 17.8. The first-order valence-electron chi connectivity index (χ1n) is 8.81. The van der Waals surface area contributed by atoms with Crippen LogP contribution in [0, 0.1) is 0 Å². The van der Waals surface area contributed by atoms with Gasteiger partial charge in [-0.1, -0.05) is 12.5 Å². The Morgan fingerprint density at radius 2 is 2.00 bits per heavy atom. The second kappa shape index (κ2) is 8.39. The number of carbonyl (C=O) groups excluding carboxylic acids is 1. The van der Waals surface area contributed by atoms with Crippen LogP contribution in [-0.4, -0.2) is 26.7 Å². The van der Waals surface area contributed by atoms with E-state index >= 15 is 0 Å². The SMILES string of the molecule is COc1ccc(CCNC(=O)c2csc3c2CCCCC3)c(OC)c1. The van der Waals surface area contributed by atoms with Gasteiger partial charge in [0.05, 0.1) is 19.8 Å². The molecule has 5 heteroatoms. The minimum absolute atomic E-state index is 0.0480. The third-order valence-electron chi connectivity index (χ3n) is 4.73. The molecule has 1 amide bonds. The van der Waals surface area contributed by atoms with Gasteiger partial charge in [0.1, 0.15) is 11.5 Å². The largest absolute Gasteiger partial charge is 0.497 e. The van der Waals surface area contributed by atoms with Gasteiger partial charge in [0.15, 0.2) is 0 Å². The maximum absolute atomic E-state index is 12.6. The van der Waals surface area contributed by atoms with Gasteiger partial charge in [-0.05, 0) is 49.3 Å². The highest BCUT2D eigenvalue weighted by Gasteiger charge is 2.19. The Morgan fingerprint density at radius 3 is 2.80 bits per heavy atom. The topological polar surface area (TPSA) is 47.6 Å². The summed E-state index contributed by atoms with van der Waals surface area (Å²) < 4.78 is 10.6. The fourth-order valence-electron chi connectivity index (χ4n) is 3.33. The molecule has 0 saturated carbocycles. The zero-order chi connectivity index (χ0) is 17.6. The lowest BCUT2D eigenvalue weighted by Crippen LogP contribution is -2.26. The van der Waals surface area contributed by atoms with Gasteiger partial charge in [-0.25, -0.2) is 0 Å². The second-order valence-corrected chi connectivity index (χ2v) is 7.26. The molecule has 1 aromatic heterocycles. The van der Waals surface area contributed by atoms with Crippen LogP contribution in [0.3, 0.4) is 0 Å². The molecule has 1 aromatic carbocycles. The van der Waals surface area contributed by atoms with Crippen molar-refractivity contribution in [3.63, 3.8) is 0 Å². The highest BCUT2D eigenvalue weighted by atomic mass is 32.1. The summed E-state index contributed by atoms with van der Waals surface area (Å²) in [7, 11) is 3.29. The maximum Gasteiger partial charge on any atom is 0.252 e. The molecule has 0 radical (unpaired) electrons. The normalized spacial score (nSPS) is 13.7. The molecule has 1 N–H and O–H groups in total. The van der Waals surface area contributed by atoms with Gasteiger partial charge < -0.3 is 14.8 Å². The number of hydrogen-bond acceptors (Lipinski definition) is 4. The van der Waals surface area contributed by atoms with E-state index in [-0.39, 0.29) is 5.91 Å². The van der Waals surface area contributed by atoms with E-state index in [9.17, 15) is 4.79 Å². The van der Waals surface area contributed by atoms with Crippen LogP contribution in [0.5, 0.6) is 11.5 Å². The summed E-state index contributed by atoms with van der Waals surface area (Å²) in [6, 6.07) is 5.77. The van der Waals surface area contributed by atoms with E-state index in [1.807, 2.05) is 23.6 Å². The number of fused-ring (bicyclic) bond motifs is 1. The van der Waals surface area contributed by atoms with E-state index in [1.165, 1.54) is 29.7 Å². The third kappa shape index (κ3) is 4.15. The summed E-state index contributed by atoms with van der Waals surface area (Å²) in [5.41, 5.74) is 3.22. The quantitative estimate of drug-likeness (QED) is 0.793. The zero-order valence-corrected chi connectivity index (χ0v) is 15.7. The number of hydrogen-bond donors (Lipinski definition) is 1. The number of methoxy groups -OCH3 is 2. The highest BCUT2D eigenvalue weighted by molar-refractivity contribution is 7.10. The molecule has 0 bridgehead atoms. The Balaban J connectivity index is 1.61. The summed E-state index contributed by atoms with van der Waals surface area (Å²) in [6.45, 7) is 0.589. The first-order chi connectivity index (χ1) is 12.2. The van der Waals surface area contributed by atoms with Crippen molar-refractivity contribution >= 4 is 17.2 Å². The lowest BCUT2D eigenvalue weighted by molar-refractivity contribution is 0.0953. The molecule has 3 rings (SSSR count).